The molecule has 0 fully saturated rings. The van der Waals surface area contributed by atoms with Crippen molar-refractivity contribution in [1.82, 2.24) is 15.3 Å². The molecule has 27 heavy (non-hydrogen) atoms. The van der Waals surface area contributed by atoms with E-state index < -0.39 is 11.7 Å². The number of alkyl carbamates (subject to hydrolysis) is 1. The molecular weight excluding hydrogens is 376 g/mol. The highest BCUT2D eigenvalue weighted by molar-refractivity contribution is 6.29. The topological polar surface area (TPSA) is 104 Å². The van der Waals surface area contributed by atoms with Crippen LogP contribution in [0.1, 0.15) is 20.8 Å². The van der Waals surface area contributed by atoms with Crippen molar-refractivity contribution >= 4 is 23.5 Å². The van der Waals surface area contributed by atoms with Gasteiger partial charge in [0.15, 0.2) is 0 Å². The van der Waals surface area contributed by atoms with Crippen LogP contribution in [-0.2, 0) is 18.9 Å². The molecule has 1 aromatic rings. The van der Waals surface area contributed by atoms with Crippen molar-refractivity contribution in [2.24, 2.45) is 0 Å². The lowest BCUT2D eigenvalue weighted by Crippen LogP contribution is -2.34. The monoisotopic (exact) mass is 404 g/mol. The van der Waals surface area contributed by atoms with Crippen molar-refractivity contribution in [1.29, 1.82) is 0 Å². The van der Waals surface area contributed by atoms with Crippen molar-refractivity contribution < 1.29 is 23.7 Å². The molecule has 0 saturated heterocycles. The zero-order valence-electron chi connectivity index (χ0n) is 16.1. The van der Waals surface area contributed by atoms with Gasteiger partial charge in [0.05, 0.1) is 39.6 Å². The maximum Gasteiger partial charge on any atom is 0.407 e. The summed E-state index contributed by atoms with van der Waals surface area (Å²) in [4.78, 5) is 19.2. The van der Waals surface area contributed by atoms with Crippen molar-refractivity contribution in [3.05, 3.63) is 17.5 Å². The van der Waals surface area contributed by atoms with Gasteiger partial charge >= 0.3 is 6.09 Å². The van der Waals surface area contributed by atoms with Crippen LogP contribution in [0, 0.1) is 0 Å². The average Bonchev–Trinajstić information content (AvgIpc) is 2.57. The van der Waals surface area contributed by atoms with Gasteiger partial charge in [0.25, 0.3) is 0 Å². The third kappa shape index (κ3) is 14.1. The highest BCUT2D eigenvalue weighted by Gasteiger charge is 2.15. The van der Waals surface area contributed by atoms with Crippen LogP contribution in [0.3, 0.4) is 0 Å². The van der Waals surface area contributed by atoms with Gasteiger partial charge in [-0.3, -0.25) is 0 Å². The Morgan fingerprint density at radius 3 is 2.19 bits per heavy atom. The molecule has 0 aliphatic rings. The minimum Gasteiger partial charge on any atom is -0.444 e. The van der Waals surface area contributed by atoms with E-state index in [4.69, 9.17) is 30.5 Å². The van der Waals surface area contributed by atoms with Gasteiger partial charge in [-0.1, -0.05) is 11.6 Å². The van der Waals surface area contributed by atoms with Crippen molar-refractivity contribution in [2.45, 2.75) is 26.4 Å². The Balaban J connectivity index is 1.82. The second-order valence-electron chi connectivity index (χ2n) is 6.42. The Hall–Kier alpha value is -1.68. The number of anilines is 1. The van der Waals surface area contributed by atoms with E-state index in [0.717, 1.165) is 0 Å². The zero-order chi connectivity index (χ0) is 20.0. The molecular formula is C17H29ClN4O5. The first-order valence-corrected chi connectivity index (χ1v) is 9.16. The van der Waals surface area contributed by atoms with Gasteiger partial charge in [0.1, 0.15) is 22.9 Å². The van der Waals surface area contributed by atoms with Crippen molar-refractivity contribution in [3.8, 4) is 0 Å². The third-order valence-electron chi connectivity index (χ3n) is 2.84. The predicted molar refractivity (Wildman–Crippen MR) is 102 cm³/mol. The van der Waals surface area contributed by atoms with Crippen molar-refractivity contribution in [2.75, 3.05) is 58.0 Å². The Morgan fingerprint density at radius 1 is 1.00 bits per heavy atom. The highest BCUT2D eigenvalue weighted by atomic mass is 35.5. The summed E-state index contributed by atoms with van der Waals surface area (Å²) in [5, 5.41) is 6.09. The molecule has 2 N–H and O–H groups in total. The number of aromatic nitrogens is 2. The molecule has 0 aliphatic heterocycles. The fourth-order valence-corrected chi connectivity index (χ4v) is 1.91. The Bertz CT molecular complexity index is 542. The number of hydrogen-bond donors (Lipinski definition) is 2. The second kappa shape index (κ2) is 13.5. The summed E-state index contributed by atoms with van der Waals surface area (Å²) in [7, 11) is 0. The first kappa shape index (κ1) is 23.4. The minimum absolute atomic E-state index is 0.391. The molecule has 0 radical (unpaired) electrons. The van der Waals surface area contributed by atoms with Crippen LogP contribution in [0.15, 0.2) is 12.4 Å². The second-order valence-corrected chi connectivity index (χ2v) is 6.81. The Labute approximate surface area is 165 Å². The molecule has 0 bridgehead atoms. The van der Waals surface area contributed by atoms with Crippen molar-refractivity contribution in [3.63, 3.8) is 0 Å². The lowest BCUT2D eigenvalue weighted by atomic mass is 10.2. The SMILES string of the molecule is CC(C)(C)OC(=O)NCCOCCOCCOCCNc1cc(Cl)ncn1. The maximum atomic E-state index is 11.4. The Morgan fingerprint density at radius 2 is 1.59 bits per heavy atom. The first-order valence-electron chi connectivity index (χ1n) is 8.78. The molecule has 1 heterocycles. The normalized spacial score (nSPS) is 11.3. The summed E-state index contributed by atoms with van der Waals surface area (Å²) >= 11 is 5.76. The van der Waals surface area contributed by atoms with E-state index in [9.17, 15) is 4.79 Å². The molecule has 0 atom stereocenters. The van der Waals surface area contributed by atoms with Crippen LogP contribution < -0.4 is 10.6 Å². The van der Waals surface area contributed by atoms with Crippen LogP contribution in [0.5, 0.6) is 0 Å². The van der Waals surface area contributed by atoms with Crippen LogP contribution in [0.4, 0.5) is 10.6 Å². The molecule has 1 rings (SSSR count). The van der Waals surface area contributed by atoms with Gasteiger partial charge < -0.3 is 29.6 Å². The van der Waals surface area contributed by atoms with Gasteiger partial charge in [-0.05, 0) is 20.8 Å². The van der Waals surface area contributed by atoms with Crippen LogP contribution in [0.2, 0.25) is 5.15 Å². The molecule has 0 aliphatic carbocycles. The largest absolute Gasteiger partial charge is 0.444 e. The summed E-state index contributed by atoms with van der Waals surface area (Å²) in [6, 6.07) is 1.65. The molecule has 1 aromatic heterocycles. The van der Waals surface area contributed by atoms with Gasteiger partial charge in [0, 0.05) is 19.2 Å². The number of halogens is 1. The van der Waals surface area contributed by atoms with E-state index in [0.29, 0.717) is 63.7 Å². The number of amides is 1. The predicted octanol–water partition coefficient (Wildman–Crippen LogP) is 2.12. The first-order chi connectivity index (χ1) is 12.9. The molecule has 10 heteroatoms. The number of nitrogens with zero attached hydrogens (tertiary/aromatic N) is 2. The molecule has 0 saturated carbocycles. The van der Waals surface area contributed by atoms with Gasteiger partial charge in [-0.2, -0.15) is 0 Å². The van der Waals surface area contributed by atoms with Gasteiger partial charge in [-0.25, -0.2) is 14.8 Å². The number of carbonyl (C=O) groups excluding carboxylic acids is 1. The van der Waals surface area contributed by atoms with E-state index in [2.05, 4.69) is 20.6 Å². The highest BCUT2D eigenvalue weighted by Crippen LogP contribution is 2.07. The van der Waals surface area contributed by atoms with Gasteiger partial charge in [0.2, 0.25) is 0 Å². The fourth-order valence-electron chi connectivity index (χ4n) is 1.76. The zero-order valence-corrected chi connectivity index (χ0v) is 16.9. The number of nitrogens with one attached hydrogen (secondary N) is 2. The number of carbonyl (C=O) groups is 1. The summed E-state index contributed by atoms with van der Waals surface area (Å²) in [5.41, 5.74) is -0.499. The lowest BCUT2D eigenvalue weighted by Gasteiger charge is -2.19. The number of rotatable bonds is 13. The molecule has 0 spiro atoms. The number of hydrogen-bond acceptors (Lipinski definition) is 8. The molecule has 0 aromatic carbocycles. The van der Waals surface area contributed by atoms with Crippen LogP contribution in [0.25, 0.3) is 0 Å². The third-order valence-corrected chi connectivity index (χ3v) is 3.05. The minimum atomic E-state index is -0.499. The number of ether oxygens (including phenoxy) is 4. The summed E-state index contributed by atoms with van der Waals surface area (Å²) < 4.78 is 21.3. The van der Waals surface area contributed by atoms with Gasteiger partial charge in [-0.15, -0.1) is 0 Å². The Kier molecular flexibility index (Phi) is 11.7. The lowest BCUT2D eigenvalue weighted by molar-refractivity contribution is 0.0157. The molecule has 1 amide bonds. The van der Waals surface area contributed by atoms with E-state index in [-0.39, 0.29) is 0 Å². The molecule has 154 valence electrons. The average molecular weight is 405 g/mol. The van der Waals surface area contributed by atoms with Crippen LogP contribution >= 0.6 is 11.6 Å². The molecule has 9 nitrogen and oxygen atoms in total. The summed E-state index contributed by atoms with van der Waals surface area (Å²) in [6.07, 6.45) is 0.950. The van der Waals surface area contributed by atoms with E-state index in [1.165, 1.54) is 6.33 Å². The van der Waals surface area contributed by atoms with E-state index in [1.54, 1.807) is 6.07 Å². The molecule has 0 unspecified atom stereocenters. The van der Waals surface area contributed by atoms with Crippen LogP contribution in [-0.4, -0.2) is 74.4 Å². The van der Waals surface area contributed by atoms with E-state index in [1.807, 2.05) is 20.8 Å². The maximum absolute atomic E-state index is 11.4. The fraction of sp³-hybridized carbons (Fsp3) is 0.706. The summed E-state index contributed by atoms with van der Waals surface area (Å²) in [5.74, 6) is 0.660. The van der Waals surface area contributed by atoms with E-state index >= 15 is 0 Å². The standard InChI is InChI=1S/C17H29ClN4O5/c1-17(2,3)27-16(23)20-5-7-25-9-11-26-10-8-24-6-4-19-15-12-14(18)21-13-22-15/h12-13H,4-11H2,1-3H3,(H,20,23)(H,19,21,22). The quantitative estimate of drug-likeness (QED) is 0.380. The smallest absolute Gasteiger partial charge is 0.407 e. The summed E-state index contributed by atoms with van der Waals surface area (Å²) in [6.45, 7) is 9.27.